The molecule has 0 saturated heterocycles. The van der Waals surface area contributed by atoms with Gasteiger partial charge < -0.3 is 11.1 Å². The fourth-order valence-corrected chi connectivity index (χ4v) is 3.17. The topological polar surface area (TPSA) is 103 Å². The fraction of sp³-hybridized carbons (Fsp3) is 0.412. The number of carbonyl (C=O) groups is 2. The van der Waals surface area contributed by atoms with Crippen molar-refractivity contribution in [2.24, 2.45) is 11.7 Å². The number of pyridine rings is 1. The van der Waals surface area contributed by atoms with Crippen molar-refractivity contribution in [2.45, 2.75) is 38.1 Å². The normalized spacial score (nSPS) is 21.0. The van der Waals surface area contributed by atoms with Crippen LogP contribution in [0.4, 0.5) is 0 Å². The Morgan fingerprint density at radius 1 is 1.21 bits per heavy atom. The van der Waals surface area contributed by atoms with Crippen molar-refractivity contribution in [3.63, 3.8) is 0 Å². The molecule has 2 aromatic rings. The molecule has 0 aromatic carbocycles. The number of rotatable bonds is 4. The molecule has 2 amide bonds. The third kappa shape index (κ3) is 3.61. The van der Waals surface area contributed by atoms with Gasteiger partial charge in [-0.05, 0) is 31.0 Å². The molecule has 2 heterocycles. The molecule has 0 radical (unpaired) electrons. The van der Waals surface area contributed by atoms with Crippen LogP contribution in [-0.4, -0.2) is 32.6 Å². The van der Waals surface area contributed by atoms with Gasteiger partial charge in [0.15, 0.2) is 0 Å². The molecule has 1 fully saturated rings. The largest absolute Gasteiger partial charge is 0.369 e. The summed E-state index contributed by atoms with van der Waals surface area (Å²) >= 11 is 0. The van der Waals surface area contributed by atoms with Gasteiger partial charge in [0.1, 0.15) is 5.69 Å². The lowest BCUT2D eigenvalue weighted by Gasteiger charge is -2.23. The van der Waals surface area contributed by atoms with Crippen LogP contribution in [0, 0.1) is 5.92 Å². The highest BCUT2D eigenvalue weighted by Crippen LogP contribution is 2.23. The van der Waals surface area contributed by atoms with E-state index in [0.29, 0.717) is 5.69 Å². The zero-order chi connectivity index (χ0) is 16.9. The monoisotopic (exact) mass is 327 g/mol. The summed E-state index contributed by atoms with van der Waals surface area (Å²) in [5, 5.41) is 7.09. The Morgan fingerprint density at radius 3 is 2.79 bits per heavy atom. The number of amides is 2. The van der Waals surface area contributed by atoms with Crippen molar-refractivity contribution in [1.29, 1.82) is 0 Å². The molecule has 1 aliphatic rings. The molecule has 7 nitrogen and oxygen atoms in total. The van der Waals surface area contributed by atoms with E-state index in [1.807, 2.05) is 6.07 Å². The van der Waals surface area contributed by atoms with E-state index in [2.05, 4.69) is 15.4 Å². The number of aromatic nitrogens is 3. The van der Waals surface area contributed by atoms with E-state index in [9.17, 15) is 9.59 Å². The average molecular weight is 327 g/mol. The van der Waals surface area contributed by atoms with Gasteiger partial charge >= 0.3 is 0 Å². The third-order valence-corrected chi connectivity index (χ3v) is 4.44. The molecule has 3 rings (SSSR count). The van der Waals surface area contributed by atoms with Gasteiger partial charge in [-0.1, -0.05) is 19.3 Å². The molecule has 1 aliphatic carbocycles. The minimum Gasteiger partial charge on any atom is -0.369 e. The minimum atomic E-state index is -0.347. The van der Waals surface area contributed by atoms with Crippen LogP contribution in [0.2, 0.25) is 0 Å². The molecule has 7 heteroatoms. The molecule has 2 atom stereocenters. The molecule has 0 aliphatic heterocycles. The van der Waals surface area contributed by atoms with Gasteiger partial charge in [-0.25, -0.2) is 4.68 Å². The number of carbonyl (C=O) groups excluding carboxylic acids is 2. The maximum atomic E-state index is 12.6. The Bertz CT molecular complexity index is 714. The van der Waals surface area contributed by atoms with Crippen molar-refractivity contribution >= 4 is 11.8 Å². The lowest BCUT2D eigenvalue weighted by molar-refractivity contribution is -0.122. The standard InChI is InChI=1S/C17H21N5O2/c18-16(23)13-5-2-1-3-6-14(13)21-17(24)15-11-12(7-9-19-15)22-10-4-8-20-22/h4,7-11,13-14H,1-3,5-6H2,(H2,18,23)(H,21,24)/t13-,14-/m1/s1. The van der Waals surface area contributed by atoms with Gasteiger partial charge in [0, 0.05) is 24.6 Å². The van der Waals surface area contributed by atoms with Gasteiger partial charge in [0.05, 0.1) is 11.6 Å². The summed E-state index contributed by atoms with van der Waals surface area (Å²) in [6, 6.07) is 5.04. The molecular formula is C17H21N5O2. The van der Waals surface area contributed by atoms with Crippen molar-refractivity contribution < 1.29 is 9.59 Å². The van der Waals surface area contributed by atoms with Crippen LogP contribution < -0.4 is 11.1 Å². The molecule has 0 spiro atoms. The smallest absolute Gasteiger partial charge is 0.270 e. The van der Waals surface area contributed by atoms with Crippen LogP contribution in [0.15, 0.2) is 36.8 Å². The lowest BCUT2D eigenvalue weighted by Crippen LogP contribution is -2.45. The summed E-state index contributed by atoms with van der Waals surface area (Å²) in [7, 11) is 0. The number of nitrogens with one attached hydrogen (secondary N) is 1. The number of nitrogens with two attached hydrogens (primary N) is 1. The van der Waals surface area contributed by atoms with Gasteiger partial charge in [-0.3, -0.25) is 14.6 Å². The van der Waals surface area contributed by atoms with Crippen LogP contribution in [0.25, 0.3) is 5.69 Å². The van der Waals surface area contributed by atoms with Gasteiger partial charge in [0.25, 0.3) is 5.91 Å². The first-order chi connectivity index (χ1) is 11.6. The van der Waals surface area contributed by atoms with E-state index in [1.54, 1.807) is 35.4 Å². The van der Waals surface area contributed by atoms with E-state index < -0.39 is 0 Å². The summed E-state index contributed by atoms with van der Waals surface area (Å²) in [5.74, 6) is -0.951. The summed E-state index contributed by atoms with van der Waals surface area (Å²) < 4.78 is 1.66. The van der Waals surface area contributed by atoms with Gasteiger partial charge in [-0.2, -0.15) is 5.10 Å². The van der Waals surface area contributed by atoms with E-state index in [-0.39, 0.29) is 23.8 Å². The SMILES string of the molecule is NC(=O)[C@@H]1CCCCC[C@H]1NC(=O)c1cc(-n2cccn2)ccn1. The van der Waals surface area contributed by atoms with Gasteiger partial charge in [-0.15, -0.1) is 0 Å². The first-order valence-corrected chi connectivity index (χ1v) is 8.21. The zero-order valence-corrected chi connectivity index (χ0v) is 13.4. The van der Waals surface area contributed by atoms with Crippen molar-refractivity contribution in [3.05, 3.63) is 42.5 Å². The second-order valence-electron chi connectivity index (χ2n) is 6.08. The first kappa shape index (κ1) is 16.2. The summed E-state index contributed by atoms with van der Waals surface area (Å²) in [6.07, 6.45) is 9.53. The minimum absolute atomic E-state index is 0.229. The van der Waals surface area contributed by atoms with E-state index >= 15 is 0 Å². The average Bonchev–Trinajstić information content (AvgIpc) is 3.02. The van der Waals surface area contributed by atoms with E-state index in [1.165, 1.54) is 0 Å². The van der Waals surface area contributed by atoms with Crippen molar-refractivity contribution in [2.75, 3.05) is 0 Å². The molecule has 1 saturated carbocycles. The zero-order valence-electron chi connectivity index (χ0n) is 13.4. The molecule has 0 unspecified atom stereocenters. The number of nitrogens with zero attached hydrogens (tertiary/aromatic N) is 3. The van der Waals surface area contributed by atoms with Crippen LogP contribution in [0.5, 0.6) is 0 Å². The maximum absolute atomic E-state index is 12.6. The maximum Gasteiger partial charge on any atom is 0.270 e. The summed E-state index contributed by atoms with van der Waals surface area (Å²) in [5.41, 5.74) is 6.57. The Morgan fingerprint density at radius 2 is 2.04 bits per heavy atom. The van der Waals surface area contributed by atoms with Crippen molar-refractivity contribution in [3.8, 4) is 5.69 Å². The summed E-state index contributed by atoms with van der Waals surface area (Å²) in [4.78, 5) is 28.4. The molecule has 0 bridgehead atoms. The Hall–Kier alpha value is -2.70. The highest BCUT2D eigenvalue weighted by molar-refractivity contribution is 5.93. The fourth-order valence-electron chi connectivity index (χ4n) is 3.17. The van der Waals surface area contributed by atoms with E-state index in [0.717, 1.165) is 37.8 Å². The van der Waals surface area contributed by atoms with Crippen LogP contribution >= 0.6 is 0 Å². The highest BCUT2D eigenvalue weighted by Gasteiger charge is 2.29. The molecule has 24 heavy (non-hydrogen) atoms. The molecular weight excluding hydrogens is 306 g/mol. The van der Waals surface area contributed by atoms with Crippen LogP contribution in [0.3, 0.4) is 0 Å². The lowest BCUT2D eigenvalue weighted by atomic mass is 9.94. The Kier molecular flexibility index (Phi) is 4.88. The second kappa shape index (κ2) is 7.25. The Balaban J connectivity index is 1.76. The molecule has 126 valence electrons. The quantitative estimate of drug-likeness (QED) is 0.829. The second-order valence-corrected chi connectivity index (χ2v) is 6.08. The van der Waals surface area contributed by atoms with Gasteiger partial charge in [0.2, 0.25) is 5.91 Å². The Labute approximate surface area is 140 Å². The predicted octanol–water partition coefficient (Wildman–Crippen LogP) is 1.43. The molecule has 3 N–H and O–H groups in total. The number of primary amides is 1. The third-order valence-electron chi connectivity index (χ3n) is 4.44. The molecule has 2 aromatic heterocycles. The number of hydrogen-bond acceptors (Lipinski definition) is 4. The van der Waals surface area contributed by atoms with Crippen LogP contribution in [-0.2, 0) is 4.79 Å². The predicted molar refractivity (Wildman–Crippen MR) is 88.4 cm³/mol. The van der Waals surface area contributed by atoms with Crippen molar-refractivity contribution in [1.82, 2.24) is 20.1 Å². The highest BCUT2D eigenvalue weighted by atomic mass is 16.2. The summed E-state index contributed by atoms with van der Waals surface area (Å²) in [6.45, 7) is 0. The van der Waals surface area contributed by atoms with E-state index in [4.69, 9.17) is 5.73 Å². The first-order valence-electron chi connectivity index (χ1n) is 8.21. The number of hydrogen-bond donors (Lipinski definition) is 2. The van der Waals surface area contributed by atoms with Crippen LogP contribution in [0.1, 0.15) is 42.6 Å².